The molecular formula is C22H19N3O4. The molecule has 3 N–H and O–H groups in total. The lowest BCUT2D eigenvalue weighted by molar-refractivity contribution is -0.169. The van der Waals surface area contributed by atoms with E-state index in [4.69, 9.17) is 15.5 Å². The summed E-state index contributed by atoms with van der Waals surface area (Å²) in [7, 11) is 0. The molecule has 2 aromatic heterocycles. The van der Waals surface area contributed by atoms with Crippen molar-refractivity contribution in [3.05, 3.63) is 62.4 Å². The van der Waals surface area contributed by atoms with Gasteiger partial charge in [-0.25, -0.2) is 9.78 Å². The molecule has 0 bridgehead atoms. The molecule has 0 unspecified atom stereocenters. The van der Waals surface area contributed by atoms with Crippen LogP contribution in [-0.2, 0) is 34.7 Å². The number of ether oxygens (including phenoxy) is 1. The molecule has 3 aromatic rings. The highest BCUT2D eigenvalue weighted by atomic mass is 16.6. The Balaban J connectivity index is 1.70. The number of esters is 1. The number of rotatable bonds is 0. The summed E-state index contributed by atoms with van der Waals surface area (Å²) >= 11 is 0. The van der Waals surface area contributed by atoms with Crippen LogP contribution in [0.3, 0.4) is 0 Å². The monoisotopic (exact) mass is 389 g/mol. The Kier molecular flexibility index (Phi) is 3.09. The number of hydrogen-bond donors (Lipinski definition) is 2. The molecule has 146 valence electrons. The first-order valence-electron chi connectivity index (χ1n) is 9.75. The van der Waals surface area contributed by atoms with Gasteiger partial charge in [0.25, 0.3) is 5.56 Å². The fourth-order valence-corrected chi connectivity index (χ4v) is 5.06. The molecule has 7 heteroatoms. The van der Waals surface area contributed by atoms with Crippen molar-refractivity contribution in [1.29, 1.82) is 0 Å². The van der Waals surface area contributed by atoms with Gasteiger partial charge in [-0.3, -0.25) is 4.79 Å². The zero-order valence-corrected chi connectivity index (χ0v) is 15.9. The summed E-state index contributed by atoms with van der Waals surface area (Å²) in [6.45, 7) is 1.61. The van der Waals surface area contributed by atoms with Gasteiger partial charge in [-0.2, -0.15) is 0 Å². The number of aromatic nitrogens is 2. The van der Waals surface area contributed by atoms with Crippen LogP contribution in [0.4, 0.5) is 0 Å². The molecule has 2 aliphatic heterocycles. The number of benzene rings is 1. The van der Waals surface area contributed by atoms with E-state index in [0.29, 0.717) is 29.1 Å². The highest BCUT2D eigenvalue weighted by molar-refractivity contribution is 5.92. The van der Waals surface area contributed by atoms with E-state index >= 15 is 0 Å². The second-order valence-corrected chi connectivity index (χ2v) is 8.27. The molecule has 1 aliphatic carbocycles. The number of nitrogens with two attached hydrogens (primary N) is 1. The van der Waals surface area contributed by atoms with E-state index in [1.807, 2.05) is 12.1 Å². The van der Waals surface area contributed by atoms with E-state index in [2.05, 4.69) is 6.07 Å². The Morgan fingerprint density at radius 2 is 2.14 bits per heavy atom. The van der Waals surface area contributed by atoms with Gasteiger partial charge in [0.2, 0.25) is 0 Å². The van der Waals surface area contributed by atoms with Crippen molar-refractivity contribution in [2.24, 2.45) is 5.73 Å². The quantitative estimate of drug-likeness (QED) is 0.443. The molecule has 7 nitrogen and oxygen atoms in total. The Hall–Kier alpha value is -3.03. The van der Waals surface area contributed by atoms with Crippen LogP contribution in [0.2, 0.25) is 0 Å². The fourth-order valence-electron chi connectivity index (χ4n) is 5.06. The van der Waals surface area contributed by atoms with Crippen molar-refractivity contribution in [3.63, 3.8) is 0 Å². The van der Waals surface area contributed by atoms with Crippen LogP contribution in [0.1, 0.15) is 47.2 Å². The minimum atomic E-state index is -1.86. The molecule has 0 spiro atoms. The number of carbonyl (C=O) groups is 1. The van der Waals surface area contributed by atoms with E-state index in [1.54, 1.807) is 10.6 Å². The first kappa shape index (κ1) is 16.9. The van der Waals surface area contributed by atoms with Gasteiger partial charge in [-0.1, -0.05) is 12.1 Å². The molecule has 3 aliphatic rings. The molecule has 0 amide bonds. The topological polar surface area (TPSA) is 107 Å². The minimum absolute atomic E-state index is 0.114. The highest BCUT2D eigenvalue weighted by Crippen LogP contribution is 2.43. The average molecular weight is 389 g/mol. The molecule has 2 atom stereocenters. The van der Waals surface area contributed by atoms with E-state index in [9.17, 15) is 14.7 Å². The van der Waals surface area contributed by atoms with Gasteiger partial charge in [0.15, 0.2) is 5.60 Å². The van der Waals surface area contributed by atoms with Crippen LogP contribution in [0, 0.1) is 0 Å². The molecule has 0 saturated carbocycles. The van der Waals surface area contributed by atoms with Crippen LogP contribution in [0.5, 0.6) is 0 Å². The largest absolute Gasteiger partial charge is 0.458 e. The van der Waals surface area contributed by atoms with Crippen molar-refractivity contribution < 1.29 is 14.6 Å². The molecule has 4 heterocycles. The van der Waals surface area contributed by atoms with Crippen LogP contribution >= 0.6 is 0 Å². The van der Waals surface area contributed by atoms with Gasteiger partial charge in [-0.05, 0) is 43.0 Å². The lowest BCUT2D eigenvalue weighted by Crippen LogP contribution is -2.42. The van der Waals surface area contributed by atoms with Gasteiger partial charge in [0.05, 0.1) is 29.0 Å². The molecule has 0 fully saturated rings. The Bertz CT molecular complexity index is 1320. The number of aliphatic hydroxyl groups is 1. The number of carbonyl (C=O) groups excluding carboxylic acids is 1. The van der Waals surface area contributed by atoms with Gasteiger partial charge < -0.3 is 20.1 Å². The summed E-state index contributed by atoms with van der Waals surface area (Å²) in [6.07, 6.45) is 1.76. The molecular weight excluding hydrogens is 370 g/mol. The Morgan fingerprint density at radius 1 is 1.31 bits per heavy atom. The summed E-state index contributed by atoms with van der Waals surface area (Å²) in [4.78, 5) is 30.2. The summed E-state index contributed by atoms with van der Waals surface area (Å²) in [6, 6.07) is 7.67. The molecule has 1 aromatic carbocycles. The number of fused-ring (bicyclic) bond motifs is 5. The second-order valence-electron chi connectivity index (χ2n) is 8.27. The van der Waals surface area contributed by atoms with Gasteiger partial charge >= 0.3 is 5.97 Å². The van der Waals surface area contributed by atoms with Crippen LogP contribution in [-0.4, -0.2) is 20.6 Å². The van der Waals surface area contributed by atoms with Gasteiger partial charge in [0, 0.05) is 22.6 Å². The molecule has 6 rings (SSSR count). The van der Waals surface area contributed by atoms with E-state index in [1.165, 1.54) is 12.5 Å². The molecule has 0 radical (unpaired) electrons. The summed E-state index contributed by atoms with van der Waals surface area (Å²) in [5, 5.41) is 11.8. The second kappa shape index (κ2) is 5.31. The smallest absolute Gasteiger partial charge is 0.342 e. The molecule has 29 heavy (non-hydrogen) atoms. The maximum absolute atomic E-state index is 13.2. The predicted octanol–water partition coefficient (Wildman–Crippen LogP) is 1.64. The zero-order valence-electron chi connectivity index (χ0n) is 15.9. The van der Waals surface area contributed by atoms with Crippen LogP contribution in [0.25, 0.3) is 22.3 Å². The number of pyridine rings is 2. The van der Waals surface area contributed by atoms with Crippen molar-refractivity contribution in [2.75, 3.05) is 0 Å². The Labute approximate surface area is 165 Å². The van der Waals surface area contributed by atoms with Crippen molar-refractivity contribution >= 4 is 16.9 Å². The maximum atomic E-state index is 13.2. The lowest BCUT2D eigenvalue weighted by atomic mass is 9.84. The number of cyclic esters (lactones) is 1. The van der Waals surface area contributed by atoms with E-state index in [-0.39, 0.29) is 18.2 Å². The van der Waals surface area contributed by atoms with Gasteiger partial charge in [-0.15, -0.1) is 0 Å². The summed E-state index contributed by atoms with van der Waals surface area (Å²) in [5.41, 5.74) is 10.4. The number of aryl methyl sites for hydroxylation is 1. The Morgan fingerprint density at radius 3 is 2.97 bits per heavy atom. The zero-order chi connectivity index (χ0) is 20.1. The lowest BCUT2D eigenvalue weighted by Gasteiger charge is -2.29. The third kappa shape index (κ3) is 2.01. The normalized spacial score (nSPS) is 24.1. The predicted molar refractivity (Wildman–Crippen MR) is 105 cm³/mol. The number of nitrogens with zero attached hydrogens (tertiary/aromatic N) is 2. The highest BCUT2D eigenvalue weighted by Gasteiger charge is 2.43. The van der Waals surface area contributed by atoms with Crippen LogP contribution < -0.4 is 11.3 Å². The maximum Gasteiger partial charge on any atom is 0.342 e. The fraction of sp³-hybridized carbons (Fsp3) is 0.318. The third-order valence-electron chi connectivity index (χ3n) is 6.57. The summed E-state index contributed by atoms with van der Waals surface area (Å²) < 4.78 is 6.70. The van der Waals surface area contributed by atoms with Crippen molar-refractivity contribution in [3.8, 4) is 11.4 Å². The summed E-state index contributed by atoms with van der Waals surface area (Å²) in [5.74, 6) is -0.749. The molecule has 0 saturated heterocycles. The standard InChI is InChI=1S/C22H19N3O4/c1-22(28)13-7-16-19-11(8-25(16)20(26)12(13)9-29-21(22)27)18-14(23)6-5-10-3-2-4-15(24-19)17(10)18/h2-4,7,14,28H,5-6,8-9,23H2,1H3/t14-,22-/m0/s1. The van der Waals surface area contributed by atoms with E-state index < -0.39 is 11.6 Å². The average Bonchev–Trinajstić information content (AvgIpc) is 3.06. The first-order chi connectivity index (χ1) is 13.9. The van der Waals surface area contributed by atoms with Gasteiger partial charge in [0.1, 0.15) is 6.61 Å². The minimum Gasteiger partial charge on any atom is -0.458 e. The van der Waals surface area contributed by atoms with Crippen LogP contribution in [0.15, 0.2) is 29.1 Å². The van der Waals surface area contributed by atoms with Crippen molar-refractivity contribution in [1.82, 2.24) is 9.55 Å². The van der Waals surface area contributed by atoms with E-state index in [0.717, 1.165) is 34.9 Å². The van der Waals surface area contributed by atoms with Crippen molar-refractivity contribution in [2.45, 2.75) is 44.6 Å². The SMILES string of the molecule is C[C@@]1(O)C(=O)OCc2c1cc1n(c2=O)Cc2c-1nc1cccc3c1c2[C@@H](N)CC3. The third-order valence-corrected chi connectivity index (χ3v) is 6.57. The first-order valence-corrected chi connectivity index (χ1v) is 9.75. The number of hydrogen-bond acceptors (Lipinski definition) is 6.